The van der Waals surface area contributed by atoms with Crippen molar-refractivity contribution in [3.8, 4) is 0 Å². The van der Waals surface area contributed by atoms with E-state index in [1.54, 1.807) is 0 Å². The fraction of sp³-hybridized carbons (Fsp3) is 1.00. The Bertz CT molecular complexity index is 177. The average Bonchev–Trinajstić information content (AvgIpc) is 1.84. The first-order valence-electron chi connectivity index (χ1n) is 3.12. The van der Waals surface area contributed by atoms with Crippen molar-refractivity contribution in [3.05, 3.63) is 20.2 Å². The maximum atomic E-state index is 10.2. The Balaban J connectivity index is 3.92. The first-order chi connectivity index (χ1) is 4.86. The van der Waals surface area contributed by atoms with Crippen molar-refractivity contribution in [2.75, 3.05) is 6.54 Å². The molecule has 0 heterocycles. The van der Waals surface area contributed by atoms with Gasteiger partial charge in [-0.3, -0.25) is 20.2 Å². The molecular weight excluding hydrogens is 152 g/mol. The smallest absolute Gasteiger partial charge is 0.223 e. The fourth-order valence-electron chi connectivity index (χ4n) is 0.456. The molecule has 0 aromatic carbocycles. The average molecular weight is 162 g/mol. The Morgan fingerprint density at radius 1 is 1.27 bits per heavy atom. The second kappa shape index (κ2) is 3.27. The Morgan fingerprint density at radius 3 is 2.00 bits per heavy atom. The predicted octanol–water partition coefficient (Wildman–Crippen LogP) is 0.708. The van der Waals surface area contributed by atoms with E-state index in [1.807, 2.05) is 0 Å². The molecule has 6 heteroatoms. The minimum absolute atomic E-state index is 0.0347. The highest BCUT2D eigenvalue weighted by molar-refractivity contribution is 4.65. The highest BCUT2D eigenvalue weighted by Gasteiger charge is 2.32. The molecule has 0 fully saturated rings. The molecule has 6 nitrogen and oxygen atoms in total. The van der Waals surface area contributed by atoms with E-state index in [9.17, 15) is 20.2 Å². The lowest BCUT2D eigenvalue weighted by Gasteiger charge is -2.11. The summed E-state index contributed by atoms with van der Waals surface area (Å²) >= 11 is 0. The molecule has 0 rings (SSSR count). The van der Waals surface area contributed by atoms with Crippen LogP contribution in [0.4, 0.5) is 0 Å². The molecule has 0 saturated heterocycles. The van der Waals surface area contributed by atoms with Gasteiger partial charge in [-0.25, -0.2) is 0 Å². The quantitative estimate of drug-likeness (QED) is 0.450. The van der Waals surface area contributed by atoms with Gasteiger partial charge in [0.2, 0.25) is 12.1 Å². The van der Waals surface area contributed by atoms with Gasteiger partial charge in [0.1, 0.15) is 0 Å². The minimum atomic E-state index is -1.19. The minimum Gasteiger partial charge on any atom is -0.265 e. The zero-order chi connectivity index (χ0) is 9.07. The van der Waals surface area contributed by atoms with Gasteiger partial charge in [-0.2, -0.15) is 0 Å². The van der Waals surface area contributed by atoms with Crippen molar-refractivity contribution in [3.63, 3.8) is 0 Å². The summed E-state index contributed by atoms with van der Waals surface area (Å²) in [5.41, 5.74) is -1.19. The molecule has 0 saturated carbocycles. The lowest BCUT2D eigenvalue weighted by Crippen LogP contribution is -2.33. The van der Waals surface area contributed by atoms with Gasteiger partial charge < -0.3 is 0 Å². The largest absolute Gasteiger partial charge is 0.265 e. The topological polar surface area (TPSA) is 86.3 Å². The van der Waals surface area contributed by atoms with E-state index < -0.39 is 15.4 Å². The van der Waals surface area contributed by atoms with Crippen LogP contribution >= 0.6 is 0 Å². The van der Waals surface area contributed by atoms with Crippen LogP contribution in [0.15, 0.2) is 0 Å². The zero-order valence-electron chi connectivity index (χ0n) is 6.44. The third-order valence-corrected chi connectivity index (χ3v) is 1.40. The van der Waals surface area contributed by atoms with E-state index in [0.29, 0.717) is 0 Å². The molecule has 0 aliphatic carbocycles. The molecule has 0 amide bonds. The maximum Gasteiger partial charge on any atom is 0.223 e. The molecule has 0 atom stereocenters. The van der Waals surface area contributed by atoms with Crippen LogP contribution < -0.4 is 0 Å². The highest BCUT2D eigenvalue weighted by atomic mass is 16.6. The predicted molar refractivity (Wildman–Crippen MR) is 37.6 cm³/mol. The summed E-state index contributed by atoms with van der Waals surface area (Å²) in [6, 6.07) is 0. The van der Waals surface area contributed by atoms with Crippen LogP contribution in [0.3, 0.4) is 0 Å². The van der Waals surface area contributed by atoms with E-state index >= 15 is 0 Å². The summed E-state index contributed by atoms with van der Waals surface area (Å²) in [5.74, 6) is 0. The van der Waals surface area contributed by atoms with Gasteiger partial charge in [-0.05, 0) is 0 Å². The number of rotatable bonds is 4. The van der Waals surface area contributed by atoms with Crippen LogP contribution in [-0.4, -0.2) is 21.9 Å². The second-order valence-electron chi connectivity index (χ2n) is 2.88. The molecule has 0 spiro atoms. The van der Waals surface area contributed by atoms with E-state index in [-0.39, 0.29) is 13.0 Å². The Morgan fingerprint density at radius 2 is 1.73 bits per heavy atom. The van der Waals surface area contributed by atoms with Crippen molar-refractivity contribution < 1.29 is 9.85 Å². The van der Waals surface area contributed by atoms with Gasteiger partial charge >= 0.3 is 0 Å². The molecule has 0 bridgehead atoms. The second-order valence-corrected chi connectivity index (χ2v) is 2.88. The summed E-state index contributed by atoms with van der Waals surface area (Å²) < 4.78 is 0. The Hall–Kier alpha value is -1.20. The highest BCUT2D eigenvalue weighted by Crippen LogP contribution is 2.12. The molecule has 0 aliphatic rings. The van der Waals surface area contributed by atoms with Gasteiger partial charge in [0.05, 0.1) is 6.42 Å². The summed E-state index contributed by atoms with van der Waals surface area (Å²) in [7, 11) is 0. The number of nitro groups is 2. The van der Waals surface area contributed by atoms with Gasteiger partial charge in [0, 0.05) is 23.7 Å². The molecule has 11 heavy (non-hydrogen) atoms. The SMILES string of the molecule is CC(C)(CC[N+](=O)[O-])[N+](=O)[O-]. The first kappa shape index (κ1) is 9.80. The van der Waals surface area contributed by atoms with Gasteiger partial charge in [-0.15, -0.1) is 0 Å². The summed E-state index contributed by atoms with van der Waals surface area (Å²) in [5, 5.41) is 20.1. The molecule has 0 aromatic rings. The number of nitrogens with zero attached hydrogens (tertiary/aromatic N) is 2. The first-order valence-corrected chi connectivity index (χ1v) is 3.12. The standard InChI is InChI=1S/C5H10N2O4/c1-5(2,7(10)11)3-4-6(8)9/h3-4H2,1-2H3. The molecule has 0 radical (unpaired) electrons. The van der Waals surface area contributed by atoms with Crippen molar-refractivity contribution in [1.29, 1.82) is 0 Å². The number of hydrogen-bond acceptors (Lipinski definition) is 4. The van der Waals surface area contributed by atoms with Crippen molar-refractivity contribution in [1.82, 2.24) is 0 Å². The van der Waals surface area contributed by atoms with Crippen LogP contribution in [-0.2, 0) is 0 Å². The Kier molecular flexibility index (Phi) is 2.91. The summed E-state index contributed by atoms with van der Waals surface area (Å²) in [6.07, 6.45) is -0.0347. The summed E-state index contributed by atoms with van der Waals surface area (Å²) in [4.78, 5) is 19.0. The summed E-state index contributed by atoms with van der Waals surface area (Å²) in [6.45, 7) is 2.39. The van der Waals surface area contributed by atoms with Crippen molar-refractivity contribution in [2.45, 2.75) is 25.8 Å². The molecule has 64 valence electrons. The zero-order valence-corrected chi connectivity index (χ0v) is 6.44. The molecule has 0 aliphatic heterocycles. The van der Waals surface area contributed by atoms with Crippen LogP contribution in [0.25, 0.3) is 0 Å². The van der Waals surface area contributed by atoms with E-state index in [1.165, 1.54) is 13.8 Å². The van der Waals surface area contributed by atoms with Gasteiger partial charge in [0.25, 0.3) is 0 Å². The molecular formula is C5H10N2O4. The molecule has 0 N–H and O–H groups in total. The molecule has 0 unspecified atom stereocenters. The Labute approximate surface area is 63.5 Å². The fourth-order valence-corrected chi connectivity index (χ4v) is 0.456. The van der Waals surface area contributed by atoms with E-state index in [2.05, 4.69) is 0 Å². The van der Waals surface area contributed by atoms with Crippen LogP contribution in [0.1, 0.15) is 20.3 Å². The molecule has 0 aromatic heterocycles. The van der Waals surface area contributed by atoms with Crippen molar-refractivity contribution in [2.24, 2.45) is 0 Å². The van der Waals surface area contributed by atoms with Crippen LogP contribution in [0, 0.1) is 20.2 Å². The lowest BCUT2D eigenvalue weighted by atomic mass is 10.0. The third-order valence-electron chi connectivity index (χ3n) is 1.40. The lowest BCUT2D eigenvalue weighted by molar-refractivity contribution is -0.574. The number of hydrogen-bond donors (Lipinski definition) is 0. The van der Waals surface area contributed by atoms with Crippen molar-refractivity contribution >= 4 is 0 Å². The third kappa shape index (κ3) is 3.49. The van der Waals surface area contributed by atoms with Gasteiger partial charge in [-0.1, -0.05) is 0 Å². The van der Waals surface area contributed by atoms with Crippen LogP contribution in [0.5, 0.6) is 0 Å². The maximum absolute atomic E-state index is 10.2. The monoisotopic (exact) mass is 162 g/mol. The van der Waals surface area contributed by atoms with E-state index in [0.717, 1.165) is 0 Å². The normalized spacial score (nSPS) is 11.1. The van der Waals surface area contributed by atoms with Crippen LogP contribution in [0.2, 0.25) is 0 Å². The van der Waals surface area contributed by atoms with E-state index in [4.69, 9.17) is 0 Å². The van der Waals surface area contributed by atoms with Gasteiger partial charge in [0.15, 0.2) is 0 Å².